The zero-order chi connectivity index (χ0) is 14.0. The molecule has 0 aliphatic carbocycles. The number of benzene rings is 2. The van der Waals surface area contributed by atoms with Crippen LogP contribution >= 0.6 is 46.4 Å². The first-order valence-corrected chi connectivity index (χ1v) is 6.80. The summed E-state index contributed by atoms with van der Waals surface area (Å²) in [5.74, 6) is 0.368. The molecule has 2 nitrogen and oxygen atoms in total. The Kier molecular flexibility index (Phi) is 4.69. The van der Waals surface area contributed by atoms with Crippen molar-refractivity contribution in [1.82, 2.24) is 0 Å². The van der Waals surface area contributed by atoms with Gasteiger partial charge in [-0.05, 0) is 30.3 Å². The highest BCUT2D eigenvalue weighted by Gasteiger charge is 2.10. The van der Waals surface area contributed by atoms with Gasteiger partial charge in [0, 0.05) is 21.3 Å². The molecule has 0 heterocycles. The molecule has 0 saturated heterocycles. The molecule has 0 radical (unpaired) electrons. The van der Waals surface area contributed by atoms with E-state index in [-0.39, 0.29) is 6.61 Å². The van der Waals surface area contributed by atoms with Gasteiger partial charge in [-0.25, -0.2) is 0 Å². The second kappa shape index (κ2) is 6.10. The van der Waals surface area contributed by atoms with Gasteiger partial charge in [0.1, 0.15) is 6.61 Å². The number of hydrogen-bond donors (Lipinski definition) is 1. The van der Waals surface area contributed by atoms with Crippen LogP contribution in [0.5, 0.6) is 5.75 Å². The Hall–Kier alpha value is -0.800. The van der Waals surface area contributed by atoms with Crippen molar-refractivity contribution in [2.75, 3.05) is 5.73 Å². The van der Waals surface area contributed by atoms with Crippen LogP contribution in [0.2, 0.25) is 20.1 Å². The van der Waals surface area contributed by atoms with E-state index in [1.807, 2.05) is 0 Å². The van der Waals surface area contributed by atoms with Gasteiger partial charge in [0.2, 0.25) is 0 Å². The summed E-state index contributed by atoms with van der Waals surface area (Å²) in [4.78, 5) is 0. The maximum Gasteiger partial charge on any atom is 0.157 e. The molecule has 0 spiro atoms. The fourth-order valence-electron chi connectivity index (χ4n) is 1.52. The summed E-state index contributed by atoms with van der Waals surface area (Å²) < 4.78 is 5.58. The van der Waals surface area contributed by atoms with Crippen molar-refractivity contribution in [2.24, 2.45) is 0 Å². The first kappa shape index (κ1) is 14.6. The van der Waals surface area contributed by atoms with Crippen molar-refractivity contribution >= 4 is 52.1 Å². The van der Waals surface area contributed by atoms with Gasteiger partial charge in [-0.3, -0.25) is 0 Å². The Morgan fingerprint density at radius 2 is 1.53 bits per heavy atom. The third kappa shape index (κ3) is 3.61. The van der Waals surface area contributed by atoms with Crippen LogP contribution in [0.4, 0.5) is 5.69 Å². The third-order valence-electron chi connectivity index (χ3n) is 2.44. The second-order valence-electron chi connectivity index (χ2n) is 3.83. The average Bonchev–Trinajstić information content (AvgIpc) is 2.32. The number of ether oxygens (including phenoxy) is 1. The molecule has 0 saturated carbocycles. The van der Waals surface area contributed by atoms with Gasteiger partial charge in [0.15, 0.2) is 5.75 Å². The van der Waals surface area contributed by atoms with Gasteiger partial charge >= 0.3 is 0 Å². The van der Waals surface area contributed by atoms with Gasteiger partial charge in [0.05, 0.1) is 10.0 Å². The van der Waals surface area contributed by atoms with Crippen LogP contribution in [0.1, 0.15) is 5.56 Å². The summed E-state index contributed by atoms with van der Waals surface area (Å²) in [7, 11) is 0. The van der Waals surface area contributed by atoms with Crippen LogP contribution < -0.4 is 10.5 Å². The molecule has 6 heteroatoms. The van der Waals surface area contributed by atoms with Crippen molar-refractivity contribution in [3.8, 4) is 5.75 Å². The maximum atomic E-state index is 6.02. The zero-order valence-corrected chi connectivity index (χ0v) is 12.6. The standard InChI is InChI=1S/C13H9Cl4NO/c14-8-1-2-12(18)7(3-8)6-19-13-10(16)4-9(15)5-11(13)17/h1-5H,6,18H2. The van der Waals surface area contributed by atoms with E-state index in [9.17, 15) is 0 Å². The molecule has 0 amide bonds. The van der Waals surface area contributed by atoms with E-state index >= 15 is 0 Å². The molecule has 2 aromatic carbocycles. The first-order valence-electron chi connectivity index (χ1n) is 5.28. The number of anilines is 1. The Balaban J connectivity index is 2.21. The van der Waals surface area contributed by atoms with Crippen LogP contribution in [0.15, 0.2) is 30.3 Å². The smallest absolute Gasteiger partial charge is 0.157 e. The Morgan fingerprint density at radius 1 is 0.895 bits per heavy atom. The molecule has 19 heavy (non-hydrogen) atoms. The molecule has 0 bridgehead atoms. The topological polar surface area (TPSA) is 35.2 Å². The van der Waals surface area contributed by atoms with E-state index in [4.69, 9.17) is 56.9 Å². The number of hydrogen-bond acceptors (Lipinski definition) is 2. The molecule has 0 atom stereocenters. The summed E-state index contributed by atoms with van der Waals surface area (Å²) in [6.45, 7) is 0.216. The predicted octanol–water partition coefficient (Wildman–Crippen LogP) is 5.46. The van der Waals surface area contributed by atoms with E-state index in [0.29, 0.717) is 31.5 Å². The molecule has 0 aromatic heterocycles. The van der Waals surface area contributed by atoms with Gasteiger partial charge in [-0.1, -0.05) is 46.4 Å². The van der Waals surface area contributed by atoms with Crippen molar-refractivity contribution in [1.29, 1.82) is 0 Å². The van der Waals surface area contributed by atoms with Crippen molar-refractivity contribution in [2.45, 2.75) is 6.61 Å². The fourth-order valence-corrected chi connectivity index (χ4v) is 2.64. The van der Waals surface area contributed by atoms with Crippen molar-refractivity contribution in [3.63, 3.8) is 0 Å². The predicted molar refractivity (Wildman–Crippen MR) is 81.7 cm³/mol. The van der Waals surface area contributed by atoms with Crippen molar-refractivity contribution < 1.29 is 4.74 Å². The quantitative estimate of drug-likeness (QED) is 0.755. The largest absolute Gasteiger partial charge is 0.486 e. The molecule has 0 unspecified atom stereocenters. The van der Waals surface area contributed by atoms with Gasteiger partial charge in [-0.15, -0.1) is 0 Å². The van der Waals surface area contributed by atoms with Crippen LogP contribution in [-0.4, -0.2) is 0 Å². The molecule has 0 aliphatic rings. The maximum absolute atomic E-state index is 6.02. The number of halogens is 4. The lowest BCUT2D eigenvalue weighted by Crippen LogP contribution is -2.01. The van der Waals surface area contributed by atoms with Gasteiger partial charge < -0.3 is 10.5 Å². The minimum absolute atomic E-state index is 0.216. The lowest BCUT2D eigenvalue weighted by molar-refractivity contribution is 0.307. The Labute approximate surface area is 131 Å². The van der Waals surface area contributed by atoms with Crippen LogP contribution in [-0.2, 0) is 6.61 Å². The van der Waals surface area contributed by atoms with E-state index in [1.165, 1.54) is 0 Å². The molecule has 0 aliphatic heterocycles. The first-order chi connectivity index (χ1) is 8.97. The van der Waals surface area contributed by atoms with Crippen LogP contribution in [0, 0.1) is 0 Å². The van der Waals surface area contributed by atoms with E-state index in [1.54, 1.807) is 30.3 Å². The van der Waals surface area contributed by atoms with E-state index in [0.717, 1.165) is 5.56 Å². The van der Waals surface area contributed by atoms with Gasteiger partial charge in [-0.2, -0.15) is 0 Å². The molecule has 2 aromatic rings. The summed E-state index contributed by atoms with van der Waals surface area (Å²) >= 11 is 23.8. The molecular weight excluding hydrogens is 328 g/mol. The summed E-state index contributed by atoms with van der Waals surface area (Å²) in [5.41, 5.74) is 7.18. The summed E-state index contributed by atoms with van der Waals surface area (Å²) in [6.07, 6.45) is 0. The van der Waals surface area contributed by atoms with Crippen LogP contribution in [0.25, 0.3) is 0 Å². The van der Waals surface area contributed by atoms with Crippen molar-refractivity contribution in [3.05, 3.63) is 56.0 Å². The molecule has 2 rings (SSSR count). The zero-order valence-electron chi connectivity index (χ0n) is 9.59. The monoisotopic (exact) mass is 335 g/mol. The number of nitrogens with two attached hydrogens (primary N) is 1. The number of nitrogen functional groups attached to an aromatic ring is 1. The highest BCUT2D eigenvalue weighted by Crippen LogP contribution is 2.36. The van der Waals surface area contributed by atoms with E-state index in [2.05, 4.69) is 0 Å². The highest BCUT2D eigenvalue weighted by atomic mass is 35.5. The minimum atomic E-state index is 0.216. The minimum Gasteiger partial charge on any atom is -0.486 e. The molecular formula is C13H9Cl4NO. The third-order valence-corrected chi connectivity index (χ3v) is 3.45. The summed E-state index contributed by atoms with van der Waals surface area (Å²) in [5, 5.41) is 1.72. The lowest BCUT2D eigenvalue weighted by atomic mass is 10.2. The second-order valence-corrected chi connectivity index (χ2v) is 5.52. The normalized spacial score (nSPS) is 10.5. The molecule has 0 fully saturated rings. The van der Waals surface area contributed by atoms with E-state index < -0.39 is 0 Å². The lowest BCUT2D eigenvalue weighted by Gasteiger charge is -2.12. The van der Waals surface area contributed by atoms with Gasteiger partial charge in [0.25, 0.3) is 0 Å². The average molecular weight is 337 g/mol. The Bertz CT molecular complexity index is 593. The molecule has 100 valence electrons. The highest BCUT2D eigenvalue weighted by molar-refractivity contribution is 6.40. The number of rotatable bonds is 3. The SMILES string of the molecule is Nc1ccc(Cl)cc1COc1c(Cl)cc(Cl)cc1Cl. The fraction of sp³-hybridized carbons (Fsp3) is 0.0769. The Morgan fingerprint density at radius 3 is 2.16 bits per heavy atom. The van der Waals surface area contributed by atoms with Crippen LogP contribution in [0.3, 0.4) is 0 Å². The molecule has 2 N–H and O–H groups in total. The summed E-state index contributed by atoms with van der Waals surface area (Å²) in [6, 6.07) is 8.28.